The van der Waals surface area contributed by atoms with Crippen molar-refractivity contribution >= 4 is 27.6 Å². The lowest BCUT2D eigenvalue weighted by Crippen LogP contribution is -2.08. The first-order chi connectivity index (χ1) is 7.82. The molecule has 1 N–H and O–H groups in total. The van der Waals surface area contributed by atoms with E-state index in [1.807, 2.05) is 0 Å². The summed E-state index contributed by atoms with van der Waals surface area (Å²) in [7, 11) is 0. The van der Waals surface area contributed by atoms with Gasteiger partial charge in [0.25, 0.3) is 6.43 Å². The number of carboxylic acids is 1. The molecule has 1 aromatic rings. The molecule has 0 aliphatic carbocycles. The molecule has 0 spiro atoms. The molecule has 0 aliphatic rings. The lowest BCUT2D eigenvalue weighted by molar-refractivity contribution is -0.386. The summed E-state index contributed by atoms with van der Waals surface area (Å²) in [5.41, 5.74) is -1.83. The SMILES string of the molecule is O=C(O)Cc1nc(C(F)F)cc(Br)c1[N+](=O)[O-]. The summed E-state index contributed by atoms with van der Waals surface area (Å²) in [5.74, 6) is -1.39. The van der Waals surface area contributed by atoms with E-state index >= 15 is 0 Å². The number of aromatic nitrogens is 1. The van der Waals surface area contributed by atoms with Crippen molar-refractivity contribution in [2.45, 2.75) is 12.8 Å². The molecule has 0 saturated carbocycles. The number of hydrogen-bond donors (Lipinski definition) is 1. The molecule has 1 rings (SSSR count). The van der Waals surface area contributed by atoms with Gasteiger partial charge in [-0.3, -0.25) is 14.9 Å². The van der Waals surface area contributed by atoms with E-state index in [0.29, 0.717) is 0 Å². The van der Waals surface area contributed by atoms with Gasteiger partial charge >= 0.3 is 11.7 Å². The lowest BCUT2D eigenvalue weighted by atomic mass is 10.2. The second kappa shape index (κ2) is 5.13. The molecule has 9 heteroatoms. The van der Waals surface area contributed by atoms with Gasteiger partial charge in [-0.2, -0.15) is 0 Å². The zero-order chi connectivity index (χ0) is 13.2. The largest absolute Gasteiger partial charge is 0.481 e. The Labute approximate surface area is 102 Å². The molecule has 0 unspecified atom stereocenters. The summed E-state index contributed by atoms with van der Waals surface area (Å²) >= 11 is 2.75. The molecular weight excluding hydrogens is 306 g/mol. The van der Waals surface area contributed by atoms with Gasteiger partial charge in [-0.25, -0.2) is 13.8 Å². The van der Waals surface area contributed by atoms with E-state index in [1.54, 1.807) is 0 Å². The van der Waals surface area contributed by atoms with Crippen LogP contribution < -0.4 is 0 Å². The van der Waals surface area contributed by atoms with E-state index in [-0.39, 0.29) is 4.47 Å². The highest BCUT2D eigenvalue weighted by molar-refractivity contribution is 9.10. The molecule has 0 saturated heterocycles. The minimum Gasteiger partial charge on any atom is -0.481 e. The number of pyridine rings is 1. The van der Waals surface area contributed by atoms with Crippen molar-refractivity contribution in [1.82, 2.24) is 4.98 Å². The Hall–Kier alpha value is -1.64. The van der Waals surface area contributed by atoms with E-state index in [9.17, 15) is 23.7 Å². The van der Waals surface area contributed by atoms with Gasteiger partial charge in [-0.15, -0.1) is 0 Å². The Morgan fingerprint density at radius 1 is 1.65 bits per heavy atom. The third kappa shape index (κ3) is 3.16. The summed E-state index contributed by atoms with van der Waals surface area (Å²) in [4.78, 5) is 23.6. The van der Waals surface area contributed by atoms with Crippen LogP contribution in [0.5, 0.6) is 0 Å². The maximum Gasteiger partial charge on any atom is 0.309 e. The second-order valence-corrected chi connectivity index (χ2v) is 3.81. The summed E-state index contributed by atoms with van der Waals surface area (Å²) in [6.07, 6.45) is -3.73. The number of nitro groups is 1. The molecule has 0 aromatic carbocycles. The second-order valence-electron chi connectivity index (χ2n) is 2.95. The van der Waals surface area contributed by atoms with Crippen LogP contribution in [-0.2, 0) is 11.2 Å². The molecule has 0 aliphatic heterocycles. The Bertz CT molecular complexity index is 481. The molecule has 1 heterocycles. The molecule has 0 bridgehead atoms. The first-order valence-electron chi connectivity index (χ1n) is 4.16. The van der Waals surface area contributed by atoms with E-state index < -0.39 is 40.8 Å². The zero-order valence-electron chi connectivity index (χ0n) is 8.06. The summed E-state index contributed by atoms with van der Waals surface area (Å²) in [6.45, 7) is 0. The molecule has 92 valence electrons. The molecule has 1 aromatic heterocycles. The van der Waals surface area contributed by atoms with E-state index in [0.717, 1.165) is 6.07 Å². The summed E-state index contributed by atoms with van der Waals surface area (Å²) < 4.78 is 24.6. The Morgan fingerprint density at radius 2 is 2.24 bits per heavy atom. The number of nitrogens with zero attached hydrogens (tertiary/aromatic N) is 2. The van der Waals surface area contributed by atoms with E-state index in [2.05, 4.69) is 20.9 Å². The highest BCUT2D eigenvalue weighted by Gasteiger charge is 2.25. The highest BCUT2D eigenvalue weighted by Crippen LogP contribution is 2.31. The van der Waals surface area contributed by atoms with Gasteiger partial charge in [0.05, 0.1) is 15.8 Å². The zero-order valence-corrected chi connectivity index (χ0v) is 9.65. The third-order valence-corrected chi connectivity index (χ3v) is 2.37. The molecule has 0 atom stereocenters. The van der Waals surface area contributed by atoms with Gasteiger partial charge in [-0.05, 0) is 22.0 Å². The first kappa shape index (κ1) is 13.4. The normalized spacial score (nSPS) is 10.6. The van der Waals surface area contributed by atoms with Crippen LogP contribution in [0.2, 0.25) is 0 Å². The van der Waals surface area contributed by atoms with E-state index in [1.165, 1.54) is 0 Å². The number of aliphatic carboxylic acids is 1. The monoisotopic (exact) mass is 310 g/mol. The van der Waals surface area contributed by atoms with Gasteiger partial charge in [-0.1, -0.05) is 0 Å². The average Bonchev–Trinajstić information content (AvgIpc) is 2.14. The van der Waals surface area contributed by atoms with E-state index in [4.69, 9.17) is 5.11 Å². The minimum atomic E-state index is -2.93. The van der Waals surface area contributed by atoms with Crippen molar-refractivity contribution in [3.8, 4) is 0 Å². The Morgan fingerprint density at radius 3 is 2.65 bits per heavy atom. The van der Waals surface area contributed by atoms with Gasteiger partial charge in [0.15, 0.2) is 0 Å². The molecule has 0 amide bonds. The average molecular weight is 311 g/mol. The third-order valence-electron chi connectivity index (χ3n) is 1.76. The number of rotatable bonds is 4. The Balaban J connectivity index is 3.38. The van der Waals surface area contributed by atoms with Gasteiger partial charge in [0.1, 0.15) is 11.4 Å². The standard InChI is InChI=1S/C8H5BrF2N2O4/c9-3-1-5(8(10)11)12-4(2-6(14)15)7(3)13(16)17/h1,8H,2H2,(H,14,15). The van der Waals surface area contributed by atoms with Crippen LogP contribution in [0.3, 0.4) is 0 Å². The highest BCUT2D eigenvalue weighted by atomic mass is 79.9. The quantitative estimate of drug-likeness (QED) is 0.680. The van der Waals surface area contributed by atoms with Crippen LogP contribution in [0.1, 0.15) is 17.8 Å². The maximum absolute atomic E-state index is 12.4. The maximum atomic E-state index is 12.4. The molecule has 0 fully saturated rings. The van der Waals surface area contributed by atoms with Crippen molar-refractivity contribution in [2.24, 2.45) is 0 Å². The first-order valence-corrected chi connectivity index (χ1v) is 4.96. The van der Waals surface area contributed by atoms with Crippen LogP contribution in [0.25, 0.3) is 0 Å². The van der Waals surface area contributed by atoms with Crippen LogP contribution in [0.15, 0.2) is 10.5 Å². The van der Waals surface area contributed by atoms with Crippen LogP contribution >= 0.6 is 15.9 Å². The smallest absolute Gasteiger partial charge is 0.309 e. The summed E-state index contributed by atoms with van der Waals surface area (Å²) in [5, 5.41) is 19.2. The van der Waals surface area contributed by atoms with Crippen LogP contribution in [-0.4, -0.2) is 21.0 Å². The van der Waals surface area contributed by atoms with Gasteiger partial charge in [0, 0.05) is 0 Å². The number of halogens is 3. The number of carboxylic acid groups (broad SMARTS) is 1. The predicted molar refractivity (Wildman–Crippen MR) is 54.9 cm³/mol. The number of alkyl halides is 2. The van der Waals surface area contributed by atoms with Crippen LogP contribution in [0, 0.1) is 10.1 Å². The fourth-order valence-electron chi connectivity index (χ4n) is 1.15. The predicted octanol–water partition coefficient (Wildman–Crippen LogP) is 2.32. The van der Waals surface area contributed by atoms with Crippen molar-refractivity contribution < 1.29 is 23.6 Å². The topological polar surface area (TPSA) is 93.3 Å². The fourth-order valence-corrected chi connectivity index (χ4v) is 1.76. The number of carbonyl (C=O) groups is 1. The molecule has 17 heavy (non-hydrogen) atoms. The molecule has 0 radical (unpaired) electrons. The fraction of sp³-hybridized carbons (Fsp3) is 0.250. The lowest BCUT2D eigenvalue weighted by Gasteiger charge is -2.05. The molecule has 6 nitrogen and oxygen atoms in total. The van der Waals surface area contributed by atoms with Crippen molar-refractivity contribution in [3.05, 3.63) is 32.0 Å². The Kier molecular flexibility index (Phi) is 4.05. The summed E-state index contributed by atoms with van der Waals surface area (Å²) in [6, 6.07) is 0.800. The number of hydrogen-bond acceptors (Lipinski definition) is 4. The van der Waals surface area contributed by atoms with Gasteiger partial charge < -0.3 is 5.11 Å². The van der Waals surface area contributed by atoms with Crippen molar-refractivity contribution in [2.75, 3.05) is 0 Å². The van der Waals surface area contributed by atoms with Crippen molar-refractivity contribution in [1.29, 1.82) is 0 Å². The van der Waals surface area contributed by atoms with Crippen molar-refractivity contribution in [3.63, 3.8) is 0 Å². The van der Waals surface area contributed by atoms with Crippen LogP contribution in [0.4, 0.5) is 14.5 Å². The van der Waals surface area contributed by atoms with Gasteiger partial charge in [0.2, 0.25) is 0 Å². The molecular formula is C8H5BrF2N2O4. The minimum absolute atomic E-state index is 0.218.